The summed E-state index contributed by atoms with van der Waals surface area (Å²) in [6.45, 7) is 2.85. The second kappa shape index (κ2) is 4.51. The second-order valence-electron chi connectivity index (χ2n) is 4.93. The van der Waals surface area contributed by atoms with Crippen molar-refractivity contribution in [3.63, 3.8) is 0 Å². The lowest BCUT2D eigenvalue weighted by atomic mass is 10.1. The van der Waals surface area contributed by atoms with Crippen molar-refractivity contribution >= 4 is 10.9 Å². The highest BCUT2D eigenvalue weighted by Crippen LogP contribution is 2.18. The van der Waals surface area contributed by atoms with E-state index in [0.717, 1.165) is 32.5 Å². The molecular weight excluding hydrogens is 212 g/mol. The predicted molar refractivity (Wildman–Crippen MR) is 68.8 cm³/mol. The number of hydrogen-bond acceptors (Lipinski definition) is 2. The molecule has 1 saturated heterocycles. The summed E-state index contributed by atoms with van der Waals surface area (Å²) < 4.78 is 0. The van der Waals surface area contributed by atoms with Crippen molar-refractivity contribution in [1.82, 2.24) is 9.88 Å². The number of aliphatic hydroxyl groups is 1. The van der Waals surface area contributed by atoms with Gasteiger partial charge in [0.05, 0.1) is 6.10 Å². The monoisotopic (exact) mass is 230 g/mol. The minimum Gasteiger partial charge on any atom is -0.392 e. The fraction of sp³-hybridized carbons (Fsp3) is 0.429. The van der Waals surface area contributed by atoms with E-state index in [0.29, 0.717) is 0 Å². The summed E-state index contributed by atoms with van der Waals surface area (Å²) in [4.78, 5) is 5.54. The van der Waals surface area contributed by atoms with Crippen molar-refractivity contribution < 1.29 is 5.11 Å². The van der Waals surface area contributed by atoms with E-state index in [1.165, 1.54) is 16.5 Å². The molecule has 0 aliphatic carbocycles. The molecule has 2 heterocycles. The fourth-order valence-electron chi connectivity index (χ4n) is 2.63. The first kappa shape index (κ1) is 10.8. The second-order valence-corrected chi connectivity index (χ2v) is 4.93. The third kappa shape index (κ3) is 2.35. The summed E-state index contributed by atoms with van der Waals surface area (Å²) in [6, 6.07) is 8.63. The third-order valence-electron chi connectivity index (χ3n) is 3.50. The Balaban J connectivity index is 1.75. The van der Waals surface area contributed by atoms with E-state index in [9.17, 15) is 5.11 Å². The number of hydrogen-bond donors (Lipinski definition) is 2. The minimum absolute atomic E-state index is 0.139. The van der Waals surface area contributed by atoms with Crippen LogP contribution < -0.4 is 0 Å². The highest BCUT2D eigenvalue weighted by atomic mass is 16.3. The number of likely N-dealkylation sites (tertiary alicyclic amines) is 1. The van der Waals surface area contributed by atoms with Crippen LogP contribution in [0.5, 0.6) is 0 Å². The van der Waals surface area contributed by atoms with E-state index in [1.807, 2.05) is 6.20 Å². The average molecular weight is 230 g/mol. The molecule has 2 aromatic rings. The molecule has 1 atom stereocenters. The van der Waals surface area contributed by atoms with Crippen LogP contribution in [0.2, 0.25) is 0 Å². The Morgan fingerprint density at radius 2 is 2.29 bits per heavy atom. The highest BCUT2D eigenvalue weighted by molar-refractivity contribution is 5.79. The summed E-state index contributed by atoms with van der Waals surface area (Å²) in [7, 11) is 0. The van der Waals surface area contributed by atoms with Crippen molar-refractivity contribution in [3.05, 3.63) is 36.0 Å². The topological polar surface area (TPSA) is 39.3 Å². The maximum absolute atomic E-state index is 9.65. The Kier molecular flexibility index (Phi) is 2.87. The van der Waals surface area contributed by atoms with Crippen LogP contribution in [0, 0.1) is 0 Å². The van der Waals surface area contributed by atoms with E-state index in [-0.39, 0.29) is 6.10 Å². The van der Waals surface area contributed by atoms with Gasteiger partial charge in [0, 0.05) is 24.8 Å². The fourth-order valence-corrected chi connectivity index (χ4v) is 2.63. The zero-order valence-corrected chi connectivity index (χ0v) is 9.89. The summed E-state index contributed by atoms with van der Waals surface area (Å²) in [5, 5.41) is 10.9. The smallest absolute Gasteiger partial charge is 0.0667 e. The number of piperidine rings is 1. The zero-order valence-electron chi connectivity index (χ0n) is 9.89. The Bertz CT molecular complexity index is 506. The molecule has 3 nitrogen and oxygen atoms in total. The summed E-state index contributed by atoms with van der Waals surface area (Å²) in [6.07, 6.45) is 3.89. The van der Waals surface area contributed by atoms with E-state index in [4.69, 9.17) is 0 Å². The molecule has 1 unspecified atom stereocenters. The first-order chi connectivity index (χ1) is 8.31. The first-order valence-corrected chi connectivity index (χ1v) is 6.28. The number of nitrogens with zero attached hydrogens (tertiary/aromatic N) is 1. The lowest BCUT2D eigenvalue weighted by Gasteiger charge is -2.29. The van der Waals surface area contributed by atoms with Crippen molar-refractivity contribution in [2.75, 3.05) is 13.1 Å². The molecule has 3 heteroatoms. The Morgan fingerprint density at radius 1 is 1.35 bits per heavy atom. The molecule has 90 valence electrons. The number of H-pyrrole nitrogens is 1. The molecule has 0 spiro atoms. The normalized spacial score (nSPS) is 22.1. The van der Waals surface area contributed by atoms with E-state index in [1.54, 1.807) is 0 Å². The van der Waals surface area contributed by atoms with Gasteiger partial charge in [-0.25, -0.2) is 0 Å². The van der Waals surface area contributed by atoms with Crippen molar-refractivity contribution in [1.29, 1.82) is 0 Å². The summed E-state index contributed by atoms with van der Waals surface area (Å²) in [5.74, 6) is 0. The Labute approximate surface area is 101 Å². The van der Waals surface area contributed by atoms with Gasteiger partial charge in [0.15, 0.2) is 0 Å². The molecule has 2 N–H and O–H groups in total. The lowest BCUT2D eigenvalue weighted by molar-refractivity contribution is 0.0668. The van der Waals surface area contributed by atoms with Crippen molar-refractivity contribution in [2.45, 2.75) is 25.5 Å². The molecule has 0 amide bonds. The first-order valence-electron chi connectivity index (χ1n) is 6.28. The van der Waals surface area contributed by atoms with Gasteiger partial charge in [0.25, 0.3) is 0 Å². The molecule has 3 rings (SSSR count). The van der Waals surface area contributed by atoms with E-state index in [2.05, 4.69) is 34.1 Å². The van der Waals surface area contributed by atoms with Gasteiger partial charge in [-0.3, -0.25) is 4.90 Å². The van der Waals surface area contributed by atoms with Crippen LogP contribution in [0.15, 0.2) is 30.5 Å². The van der Waals surface area contributed by atoms with Crippen molar-refractivity contribution in [2.24, 2.45) is 0 Å². The van der Waals surface area contributed by atoms with Gasteiger partial charge < -0.3 is 10.1 Å². The van der Waals surface area contributed by atoms with E-state index < -0.39 is 0 Å². The van der Waals surface area contributed by atoms with Gasteiger partial charge in [-0.2, -0.15) is 0 Å². The predicted octanol–water partition coefficient (Wildman–Crippen LogP) is 2.12. The van der Waals surface area contributed by atoms with Crippen LogP contribution in [0.1, 0.15) is 18.4 Å². The summed E-state index contributed by atoms with van der Waals surface area (Å²) in [5.41, 5.74) is 2.51. The van der Waals surface area contributed by atoms with Crippen LogP contribution in [0.4, 0.5) is 0 Å². The average Bonchev–Trinajstić information content (AvgIpc) is 2.76. The molecule has 0 radical (unpaired) electrons. The van der Waals surface area contributed by atoms with Crippen LogP contribution in [-0.4, -0.2) is 34.2 Å². The van der Waals surface area contributed by atoms with Gasteiger partial charge in [0.1, 0.15) is 0 Å². The molecule has 0 bridgehead atoms. The molecule has 1 fully saturated rings. The molecule has 0 saturated carbocycles. The number of fused-ring (bicyclic) bond motifs is 1. The number of benzene rings is 1. The van der Waals surface area contributed by atoms with Gasteiger partial charge in [-0.1, -0.05) is 6.07 Å². The van der Waals surface area contributed by atoms with Crippen LogP contribution >= 0.6 is 0 Å². The summed E-state index contributed by atoms with van der Waals surface area (Å²) >= 11 is 0. The molecule has 1 aliphatic rings. The molecule has 1 aromatic carbocycles. The van der Waals surface area contributed by atoms with Gasteiger partial charge in [0.2, 0.25) is 0 Å². The van der Waals surface area contributed by atoms with Crippen LogP contribution in [0.3, 0.4) is 0 Å². The van der Waals surface area contributed by atoms with Gasteiger partial charge in [-0.15, -0.1) is 0 Å². The number of rotatable bonds is 2. The number of aromatic amines is 1. The standard InChI is InChI=1S/C14H18N2O/c17-13-2-1-7-16(10-13)9-11-3-4-14-12(8-11)5-6-15-14/h3-6,8,13,15,17H,1-2,7,9-10H2. The third-order valence-corrected chi connectivity index (χ3v) is 3.50. The zero-order chi connectivity index (χ0) is 11.7. The van der Waals surface area contributed by atoms with Crippen molar-refractivity contribution in [3.8, 4) is 0 Å². The molecule has 17 heavy (non-hydrogen) atoms. The lowest BCUT2D eigenvalue weighted by Crippen LogP contribution is -2.37. The Hall–Kier alpha value is -1.32. The number of aliphatic hydroxyl groups excluding tert-OH is 1. The van der Waals surface area contributed by atoms with Crippen LogP contribution in [-0.2, 0) is 6.54 Å². The molecule has 1 aliphatic heterocycles. The Morgan fingerprint density at radius 3 is 3.18 bits per heavy atom. The van der Waals surface area contributed by atoms with Gasteiger partial charge in [-0.05, 0) is 48.5 Å². The maximum Gasteiger partial charge on any atom is 0.0667 e. The number of aromatic nitrogens is 1. The molecular formula is C14H18N2O. The van der Waals surface area contributed by atoms with Crippen LogP contribution in [0.25, 0.3) is 10.9 Å². The largest absolute Gasteiger partial charge is 0.392 e. The molecule has 1 aromatic heterocycles. The van der Waals surface area contributed by atoms with Gasteiger partial charge >= 0.3 is 0 Å². The quantitative estimate of drug-likeness (QED) is 0.829. The number of nitrogens with one attached hydrogen (secondary N) is 1. The number of β-amino-alcohol motifs (C(OH)–C–C–N with tert-alkyl or cyclic N) is 1. The van der Waals surface area contributed by atoms with E-state index >= 15 is 0 Å². The minimum atomic E-state index is -0.139. The maximum atomic E-state index is 9.65. The highest BCUT2D eigenvalue weighted by Gasteiger charge is 2.17. The SMILES string of the molecule is OC1CCCN(Cc2ccc3[nH]ccc3c2)C1.